The van der Waals surface area contributed by atoms with Gasteiger partial charge in [0, 0.05) is 32.2 Å². The molecule has 0 saturated carbocycles. The smallest absolute Gasteiger partial charge is 0.234 e. The summed E-state index contributed by atoms with van der Waals surface area (Å²) in [5.74, 6) is 0.146. The lowest BCUT2D eigenvalue weighted by atomic mass is 10.1. The summed E-state index contributed by atoms with van der Waals surface area (Å²) in [5, 5.41) is 6.40. The second kappa shape index (κ2) is 8.02. The standard InChI is InChI=1S/C16H25N3O/c1-14-12-19(11-10-17-14)13-16(20)18-9-5-8-15-6-3-2-4-7-15/h2-4,6-7,14,17H,5,8-13H2,1H3,(H,18,20). The molecule has 1 aliphatic heterocycles. The number of carbonyl (C=O) groups is 1. The van der Waals surface area contributed by atoms with Crippen molar-refractivity contribution in [3.8, 4) is 0 Å². The lowest BCUT2D eigenvalue weighted by Gasteiger charge is -2.31. The van der Waals surface area contributed by atoms with Crippen LogP contribution in [0.1, 0.15) is 18.9 Å². The molecule has 1 aromatic carbocycles. The number of benzene rings is 1. The molecular formula is C16H25N3O. The van der Waals surface area contributed by atoms with E-state index >= 15 is 0 Å². The van der Waals surface area contributed by atoms with Crippen LogP contribution in [0, 0.1) is 0 Å². The van der Waals surface area contributed by atoms with Gasteiger partial charge in [-0.2, -0.15) is 0 Å². The molecule has 0 bridgehead atoms. The van der Waals surface area contributed by atoms with E-state index in [1.807, 2.05) is 6.07 Å². The normalized spacial score (nSPS) is 19.8. The summed E-state index contributed by atoms with van der Waals surface area (Å²) in [6, 6.07) is 10.9. The minimum absolute atomic E-state index is 0.146. The summed E-state index contributed by atoms with van der Waals surface area (Å²) in [6.45, 7) is 6.33. The molecule has 1 aromatic rings. The van der Waals surface area contributed by atoms with E-state index in [0.717, 1.165) is 39.0 Å². The molecule has 2 N–H and O–H groups in total. The maximum absolute atomic E-state index is 11.9. The van der Waals surface area contributed by atoms with E-state index in [4.69, 9.17) is 0 Å². The predicted molar refractivity (Wildman–Crippen MR) is 81.7 cm³/mol. The number of hydrogen-bond acceptors (Lipinski definition) is 3. The highest BCUT2D eigenvalue weighted by atomic mass is 16.2. The van der Waals surface area contributed by atoms with Gasteiger partial charge < -0.3 is 10.6 Å². The van der Waals surface area contributed by atoms with Crippen molar-refractivity contribution in [3.63, 3.8) is 0 Å². The summed E-state index contributed by atoms with van der Waals surface area (Å²) in [5.41, 5.74) is 1.33. The average molecular weight is 275 g/mol. The van der Waals surface area contributed by atoms with Crippen molar-refractivity contribution in [2.24, 2.45) is 0 Å². The zero-order valence-electron chi connectivity index (χ0n) is 12.3. The van der Waals surface area contributed by atoms with E-state index in [0.29, 0.717) is 12.6 Å². The number of nitrogens with one attached hydrogen (secondary N) is 2. The molecule has 0 aliphatic carbocycles. The third-order valence-electron chi connectivity index (χ3n) is 3.63. The summed E-state index contributed by atoms with van der Waals surface area (Å²) in [7, 11) is 0. The van der Waals surface area contributed by atoms with Crippen LogP contribution in [0.3, 0.4) is 0 Å². The SMILES string of the molecule is CC1CN(CC(=O)NCCCc2ccccc2)CCN1. The number of carbonyl (C=O) groups excluding carboxylic acids is 1. The average Bonchev–Trinajstić information content (AvgIpc) is 2.45. The van der Waals surface area contributed by atoms with E-state index in [2.05, 4.69) is 46.7 Å². The zero-order valence-corrected chi connectivity index (χ0v) is 12.3. The quantitative estimate of drug-likeness (QED) is 0.762. The number of rotatable bonds is 6. The zero-order chi connectivity index (χ0) is 14.2. The molecule has 1 aliphatic rings. The van der Waals surface area contributed by atoms with Gasteiger partial charge in [0.15, 0.2) is 0 Å². The van der Waals surface area contributed by atoms with Gasteiger partial charge in [0.1, 0.15) is 0 Å². The number of hydrogen-bond donors (Lipinski definition) is 2. The maximum Gasteiger partial charge on any atom is 0.234 e. The van der Waals surface area contributed by atoms with Crippen molar-refractivity contribution in [1.29, 1.82) is 0 Å². The van der Waals surface area contributed by atoms with Gasteiger partial charge in [-0.1, -0.05) is 30.3 Å². The number of nitrogens with zero attached hydrogens (tertiary/aromatic N) is 1. The first-order valence-corrected chi connectivity index (χ1v) is 7.50. The molecule has 4 nitrogen and oxygen atoms in total. The maximum atomic E-state index is 11.9. The fourth-order valence-electron chi connectivity index (χ4n) is 2.58. The Morgan fingerprint density at radius 1 is 1.40 bits per heavy atom. The van der Waals surface area contributed by atoms with E-state index in [1.54, 1.807) is 0 Å². The fraction of sp³-hybridized carbons (Fsp3) is 0.562. The monoisotopic (exact) mass is 275 g/mol. The molecule has 1 fully saturated rings. The third kappa shape index (κ3) is 5.31. The molecule has 1 unspecified atom stereocenters. The molecule has 1 saturated heterocycles. The second-order valence-electron chi connectivity index (χ2n) is 5.53. The van der Waals surface area contributed by atoms with Crippen LogP contribution in [0.4, 0.5) is 0 Å². The Hall–Kier alpha value is -1.39. The molecule has 1 amide bonds. The van der Waals surface area contributed by atoms with Crippen molar-refractivity contribution in [1.82, 2.24) is 15.5 Å². The van der Waals surface area contributed by atoms with E-state index < -0.39 is 0 Å². The Morgan fingerprint density at radius 3 is 2.95 bits per heavy atom. The Labute approximate surface area is 121 Å². The Morgan fingerprint density at radius 2 is 2.20 bits per heavy atom. The van der Waals surface area contributed by atoms with Gasteiger partial charge in [-0.05, 0) is 25.3 Å². The second-order valence-corrected chi connectivity index (χ2v) is 5.53. The first-order valence-electron chi connectivity index (χ1n) is 7.50. The minimum atomic E-state index is 0.146. The van der Waals surface area contributed by atoms with Crippen molar-refractivity contribution >= 4 is 5.91 Å². The molecule has 110 valence electrons. The molecule has 0 radical (unpaired) electrons. The van der Waals surface area contributed by atoms with Gasteiger partial charge in [0.05, 0.1) is 6.54 Å². The highest BCUT2D eigenvalue weighted by Crippen LogP contribution is 2.01. The van der Waals surface area contributed by atoms with E-state index in [1.165, 1.54) is 5.56 Å². The molecule has 20 heavy (non-hydrogen) atoms. The van der Waals surface area contributed by atoms with Crippen LogP contribution in [0.25, 0.3) is 0 Å². The van der Waals surface area contributed by atoms with Gasteiger partial charge in [-0.15, -0.1) is 0 Å². The van der Waals surface area contributed by atoms with Gasteiger partial charge in [-0.25, -0.2) is 0 Å². The minimum Gasteiger partial charge on any atom is -0.355 e. The largest absolute Gasteiger partial charge is 0.355 e. The number of piperazine rings is 1. The topological polar surface area (TPSA) is 44.4 Å². The van der Waals surface area contributed by atoms with Crippen LogP contribution in [0.2, 0.25) is 0 Å². The Balaban J connectivity index is 1.58. The van der Waals surface area contributed by atoms with Crippen LogP contribution in [0.5, 0.6) is 0 Å². The van der Waals surface area contributed by atoms with Crippen molar-refractivity contribution < 1.29 is 4.79 Å². The lowest BCUT2D eigenvalue weighted by molar-refractivity contribution is -0.122. The molecular weight excluding hydrogens is 250 g/mol. The number of amides is 1. The van der Waals surface area contributed by atoms with Gasteiger partial charge >= 0.3 is 0 Å². The van der Waals surface area contributed by atoms with Gasteiger partial charge in [-0.3, -0.25) is 9.69 Å². The van der Waals surface area contributed by atoms with Gasteiger partial charge in [0.2, 0.25) is 5.91 Å². The molecule has 4 heteroatoms. The van der Waals surface area contributed by atoms with Crippen molar-refractivity contribution in [2.45, 2.75) is 25.8 Å². The Bertz CT molecular complexity index is 407. The fourth-order valence-corrected chi connectivity index (χ4v) is 2.58. The summed E-state index contributed by atoms with van der Waals surface area (Å²) < 4.78 is 0. The van der Waals surface area contributed by atoms with Crippen LogP contribution < -0.4 is 10.6 Å². The lowest BCUT2D eigenvalue weighted by Crippen LogP contribution is -2.51. The van der Waals surface area contributed by atoms with E-state index in [-0.39, 0.29) is 5.91 Å². The summed E-state index contributed by atoms with van der Waals surface area (Å²) in [6.07, 6.45) is 2.01. The van der Waals surface area contributed by atoms with Crippen LogP contribution in [0.15, 0.2) is 30.3 Å². The molecule has 0 spiro atoms. The molecule has 2 rings (SSSR count). The van der Waals surface area contributed by atoms with Crippen molar-refractivity contribution in [3.05, 3.63) is 35.9 Å². The summed E-state index contributed by atoms with van der Waals surface area (Å²) in [4.78, 5) is 14.1. The third-order valence-corrected chi connectivity index (χ3v) is 3.63. The van der Waals surface area contributed by atoms with Crippen LogP contribution in [-0.4, -0.2) is 49.6 Å². The predicted octanol–water partition coefficient (Wildman–Crippen LogP) is 1.03. The highest BCUT2D eigenvalue weighted by Gasteiger charge is 2.17. The first kappa shape index (κ1) is 15.0. The summed E-state index contributed by atoms with van der Waals surface area (Å²) >= 11 is 0. The van der Waals surface area contributed by atoms with Crippen LogP contribution >= 0.6 is 0 Å². The Kier molecular flexibility index (Phi) is 6.02. The highest BCUT2D eigenvalue weighted by molar-refractivity contribution is 5.77. The van der Waals surface area contributed by atoms with Crippen molar-refractivity contribution in [2.75, 3.05) is 32.7 Å². The number of aryl methyl sites for hydroxylation is 1. The molecule has 0 aromatic heterocycles. The van der Waals surface area contributed by atoms with E-state index in [9.17, 15) is 4.79 Å². The van der Waals surface area contributed by atoms with Crippen LogP contribution in [-0.2, 0) is 11.2 Å². The molecule has 1 atom stereocenters. The molecule has 1 heterocycles. The van der Waals surface area contributed by atoms with Gasteiger partial charge in [0.25, 0.3) is 0 Å². The first-order chi connectivity index (χ1) is 9.74.